The average molecular weight is 202 g/mol. The molecule has 1 aromatic carbocycles. The van der Waals surface area contributed by atoms with Gasteiger partial charge < -0.3 is 5.11 Å². The van der Waals surface area contributed by atoms with Crippen molar-refractivity contribution in [2.24, 2.45) is 0 Å². The zero-order valence-corrected chi connectivity index (χ0v) is 9.10. The maximum absolute atomic E-state index is 9.60. The molecule has 2 heteroatoms. The van der Waals surface area contributed by atoms with Gasteiger partial charge in [0.05, 0.1) is 0 Å². The molecule has 0 aliphatic heterocycles. The first-order valence-electron chi connectivity index (χ1n) is 4.63. The summed E-state index contributed by atoms with van der Waals surface area (Å²) in [6.07, 6.45) is 0. The first kappa shape index (κ1) is 14.0. The van der Waals surface area contributed by atoms with E-state index in [4.69, 9.17) is 0 Å². The number of rotatable bonds is 0. The molecule has 1 aromatic rings. The summed E-state index contributed by atoms with van der Waals surface area (Å²) in [7, 11) is 0. The van der Waals surface area contributed by atoms with Crippen LogP contribution < -0.4 is 0 Å². The molecule has 0 saturated carbocycles. The van der Waals surface area contributed by atoms with Crippen LogP contribution in [0.2, 0.25) is 0 Å². The van der Waals surface area contributed by atoms with E-state index in [1.807, 2.05) is 13.8 Å². The van der Waals surface area contributed by atoms with Gasteiger partial charge >= 0.3 is 29.6 Å². The van der Waals surface area contributed by atoms with E-state index in [9.17, 15) is 5.11 Å². The van der Waals surface area contributed by atoms with Crippen molar-refractivity contribution in [1.82, 2.24) is 0 Å². The Morgan fingerprint density at radius 2 is 1.36 bits per heavy atom. The van der Waals surface area contributed by atoms with Gasteiger partial charge in [0.2, 0.25) is 0 Å². The molecule has 0 saturated heterocycles. The van der Waals surface area contributed by atoms with Crippen LogP contribution in [0.1, 0.15) is 37.5 Å². The van der Waals surface area contributed by atoms with Crippen LogP contribution in [0.3, 0.4) is 0 Å². The van der Waals surface area contributed by atoms with E-state index in [-0.39, 0.29) is 35.0 Å². The van der Waals surface area contributed by atoms with Crippen molar-refractivity contribution in [3.05, 3.63) is 28.8 Å². The maximum atomic E-state index is 9.60. The number of hydrogen-bond acceptors (Lipinski definition) is 1. The van der Waals surface area contributed by atoms with Crippen molar-refractivity contribution >= 4 is 29.6 Å². The Labute approximate surface area is 109 Å². The van der Waals surface area contributed by atoms with Gasteiger partial charge in [0, 0.05) is 0 Å². The van der Waals surface area contributed by atoms with Crippen LogP contribution >= 0.6 is 0 Å². The summed E-state index contributed by atoms with van der Waals surface area (Å²) in [6.45, 7) is 10.4. The molecule has 0 aliphatic rings. The molecule has 1 nitrogen and oxygen atoms in total. The van der Waals surface area contributed by atoms with Crippen LogP contribution in [0.5, 0.6) is 5.75 Å². The van der Waals surface area contributed by atoms with Gasteiger partial charge in [-0.05, 0) is 36.0 Å². The second-order valence-corrected chi connectivity index (χ2v) is 4.71. The quantitative estimate of drug-likeness (QED) is 0.641. The van der Waals surface area contributed by atoms with Gasteiger partial charge in [0.25, 0.3) is 0 Å². The Bertz CT molecular complexity index is 301. The number of phenols is 1. The van der Waals surface area contributed by atoms with Gasteiger partial charge in [-0.2, -0.15) is 0 Å². The summed E-state index contributed by atoms with van der Waals surface area (Å²) in [5.41, 5.74) is 3.36. The van der Waals surface area contributed by atoms with Crippen molar-refractivity contribution < 1.29 is 5.11 Å². The molecular weight excluding hydrogens is 183 g/mol. The molecule has 0 aromatic heterocycles. The van der Waals surface area contributed by atoms with E-state index in [0.29, 0.717) is 5.75 Å². The number of aromatic hydroxyl groups is 1. The fraction of sp³-hybridized carbons (Fsp3) is 0.500. The molecule has 0 spiro atoms. The molecule has 0 atom stereocenters. The molecule has 74 valence electrons. The van der Waals surface area contributed by atoms with Crippen LogP contribution in [-0.4, -0.2) is 34.7 Å². The second-order valence-electron chi connectivity index (χ2n) is 4.71. The van der Waals surface area contributed by atoms with Crippen molar-refractivity contribution in [2.75, 3.05) is 0 Å². The summed E-state index contributed by atoms with van der Waals surface area (Å²) >= 11 is 0. The molecule has 0 radical (unpaired) electrons. The van der Waals surface area contributed by atoms with E-state index in [1.54, 1.807) is 0 Å². The third kappa shape index (κ3) is 3.01. The van der Waals surface area contributed by atoms with E-state index in [2.05, 4.69) is 32.9 Å². The van der Waals surface area contributed by atoms with Crippen molar-refractivity contribution in [3.8, 4) is 5.75 Å². The van der Waals surface area contributed by atoms with Crippen LogP contribution in [0.25, 0.3) is 0 Å². The fourth-order valence-electron chi connectivity index (χ4n) is 1.39. The minimum absolute atomic E-state index is 0. The summed E-state index contributed by atoms with van der Waals surface area (Å²) in [5, 5.41) is 9.60. The monoisotopic (exact) mass is 202 g/mol. The van der Waals surface area contributed by atoms with E-state index < -0.39 is 0 Å². The van der Waals surface area contributed by atoms with Crippen LogP contribution in [0, 0.1) is 13.8 Å². The molecule has 1 rings (SSSR count). The molecule has 0 aliphatic carbocycles. The van der Waals surface area contributed by atoms with E-state index in [1.165, 1.54) is 5.56 Å². The summed E-state index contributed by atoms with van der Waals surface area (Å²) in [4.78, 5) is 0. The predicted molar refractivity (Wildman–Crippen MR) is 63.4 cm³/mol. The van der Waals surface area contributed by atoms with Gasteiger partial charge in [-0.15, -0.1) is 0 Å². The zero-order valence-electron chi connectivity index (χ0n) is 9.10. The molecule has 0 amide bonds. The minimum atomic E-state index is 0. The third-order valence-electron chi connectivity index (χ3n) is 2.36. The SMILES string of the molecule is Cc1cc(C(C)(C)C)cc(C)c1O.[NaH]. The molecule has 1 N–H and O–H groups in total. The second kappa shape index (κ2) is 4.69. The summed E-state index contributed by atoms with van der Waals surface area (Å²) < 4.78 is 0. The Hall–Kier alpha value is 0.0200. The number of hydrogen-bond donors (Lipinski definition) is 1. The van der Waals surface area contributed by atoms with Crippen LogP contribution in [-0.2, 0) is 5.41 Å². The standard InChI is InChI=1S/C12H18O.Na.H/c1-8-6-10(12(3,4)5)7-9(2)11(8)13;;/h6-7,13H,1-5H3;;. The number of aryl methyl sites for hydroxylation is 2. The summed E-state index contributed by atoms with van der Waals surface area (Å²) in [6, 6.07) is 4.12. The van der Waals surface area contributed by atoms with Crippen molar-refractivity contribution in [3.63, 3.8) is 0 Å². The first-order chi connectivity index (χ1) is 5.82. The first-order valence-corrected chi connectivity index (χ1v) is 4.63. The Kier molecular flexibility index (Phi) is 4.70. The fourth-order valence-corrected chi connectivity index (χ4v) is 1.39. The molecule has 0 bridgehead atoms. The predicted octanol–water partition coefficient (Wildman–Crippen LogP) is 2.66. The molecule has 0 fully saturated rings. The Morgan fingerprint density at radius 1 is 1.00 bits per heavy atom. The van der Waals surface area contributed by atoms with Gasteiger partial charge in [-0.1, -0.05) is 32.9 Å². The Morgan fingerprint density at radius 3 is 1.64 bits per heavy atom. The third-order valence-corrected chi connectivity index (χ3v) is 2.36. The van der Waals surface area contributed by atoms with Gasteiger partial charge in [0.15, 0.2) is 0 Å². The van der Waals surface area contributed by atoms with E-state index >= 15 is 0 Å². The van der Waals surface area contributed by atoms with Gasteiger partial charge in [0.1, 0.15) is 5.75 Å². The summed E-state index contributed by atoms with van der Waals surface area (Å²) in [5.74, 6) is 0.424. The zero-order chi connectivity index (χ0) is 10.2. The molecule has 0 unspecified atom stereocenters. The molecule has 0 heterocycles. The number of benzene rings is 1. The van der Waals surface area contributed by atoms with Gasteiger partial charge in [-0.25, -0.2) is 0 Å². The molecule has 14 heavy (non-hydrogen) atoms. The Balaban J connectivity index is 0.00000169. The number of phenolic OH excluding ortho intramolecular Hbond substituents is 1. The van der Waals surface area contributed by atoms with Crippen molar-refractivity contribution in [2.45, 2.75) is 40.0 Å². The van der Waals surface area contributed by atoms with Gasteiger partial charge in [-0.3, -0.25) is 0 Å². The van der Waals surface area contributed by atoms with Crippen LogP contribution in [0.4, 0.5) is 0 Å². The van der Waals surface area contributed by atoms with E-state index in [0.717, 1.165) is 11.1 Å². The topological polar surface area (TPSA) is 20.2 Å². The van der Waals surface area contributed by atoms with Crippen LogP contribution in [0.15, 0.2) is 12.1 Å². The molecular formula is C12H19NaO. The normalized spacial score (nSPS) is 10.9. The average Bonchev–Trinajstić information content (AvgIpc) is 1.97. The van der Waals surface area contributed by atoms with Crippen molar-refractivity contribution in [1.29, 1.82) is 0 Å².